The van der Waals surface area contributed by atoms with E-state index in [0.29, 0.717) is 23.7 Å². The molecule has 0 saturated carbocycles. The zero-order valence-corrected chi connectivity index (χ0v) is 30.8. The Morgan fingerprint density at radius 3 is 1.68 bits per heavy atom. The third kappa shape index (κ3) is 10.3. The average molecular weight is 696 g/mol. The van der Waals surface area contributed by atoms with Crippen LogP contribution in [-0.4, -0.2) is 14.9 Å². The Balaban J connectivity index is 0.000000233. The Kier molecular flexibility index (Phi) is 15.9. The fourth-order valence-electron chi connectivity index (χ4n) is 5.34. The normalized spacial score (nSPS) is 10.7. The summed E-state index contributed by atoms with van der Waals surface area (Å²) in [6, 6.07) is 26.2. The van der Waals surface area contributed by atoms with E-state index in [-0.39, 0.29) is 20.4 Å². The van der Waals surface area contributed by atoms with Gasteiger partial charge in [-0.05, 0) is 83.3 Å². The van der Waals surface area contributed by atoms with Crippen LogP contribution in [-0.2, 0) is 7.05 Å². The number of aryl methyl sites for hydroxylation is 2. The molecular weight excluding hydrogens is 639 g/mol. The van der Waals surface area contributed by atoms with E-state index in [9.17, 15) is 4.79 Å². The number of thiophene rings is 1. The number of aromatic nitrogens is 3. The molecule has 3 aromatic carbocycles. The molecule has 268 valence electrons. The lowest BCUT2D eigenvalue weighted by Crippen LogP contribution is -2.17. The molecule has 0 aliphatic heterocycles. The van der Waals surface area contributed by atoms with Crippen LogP contribution in [0.2, 0.25) is 0 Å². The number of hydrogen-bond donors (Lipinski definition) is 0. The first-order valence-electron chi connectivity index (χ1n) is 16.7. The van der Waals surface area contributed by atoms with E-state index in [1.165, 1.54) is 16.0 Å². The summed E-state index contributed by atoms with van der Waals surface area (Å²) >= 11 is 1.83. The first-order chi connectivity index (χ1) is 22.9. The van der Waals surface area contributed by atoms with Crippen molar-refractivity contribution in [3.63, 3.8) is 0 Å². The first kappa shape index (κ1) is 41.7. The Morgan fingerprint density at radius 2 is 1.16 bits per heavy atom. The van der Waals surface area contributed by atoms with Gasteiger partial charge in [-0.2, -0.15) is 0 Å². The highest BCUT2D eigenvalue weighted by atomic mass is 32.1. The number of para-hydroxylation sites is 1. The van der Waals surface area contributed by atoms with Gasteiger partial charge in [0.1, 0.15) is 0 Å². The van der Waals surface area contributed by atoms with Crippen molar-refractivity contribution in [3.8, 4) is 0 Å². The van der Waals surface area contributed by atoms with Crippen molar-refractivity contribution in [2.75, 3.05) is 0 Å². The zero-order valence-electron chi connectivity index (χ0n) is 29.9. The van der Waals surface area contributed by atoms with Gasteiger partial charge in [-0.1, -0.05) is 129 Å². The van der Waals surface area contributed by atoms with Gasteiger partial charge in [-0.15, -0.1) is 11.3 Å². The van der Waals surface area contributed by atoms with E-state index in [1.54, 1.807) is 11.6 Å². The zero-order chi connectivity index (χ0) is 35.0. The molecule has 7 heteroatoms. The molecule has 0 unspecified atom stereocenters. The summed E-state index contributed by atoms with van der Waals surface area (Å²) in [5.41, 5.74) is 6.42. The van der Waals surface area contributed by atoms with Crippen LogP contribution in [0.5, 0.6) is 0 Å². The van der Waals surface area contributed by atoms with Gasteiger partial charge in [-0.25, -0.2) is 0 Å². The van der Waals surface area contributed by atoms with Crippen LogP contribution < -0.4 is 5.56 Å². The molecule has 7 rings (SSSR count). The fraction of sp³-hybridized carbons (Fsp3) is 0.372. The SMILES string of the molecule is C.C.CC(C)c1cccs1.CC(C)c1cn(C)c(=O)c2ccccc12.CC(C)c1noc2ccccc12.Cc1ccc2onc(C(C)C)c2c1. The number of nitrogens with zero attached hydrogens (tertiary/aromatic N) is 3. The fourth-order valence-corrected chi connectivity index (χ4v) is 6.08. The van der Waals surface area contributed by atoms with Crippen molar-refractivity contribution in [2.45, 2.75) is 101 Å². The monoisotopic (exact) mass is 695 g/mol. The topological polar surface area (TPSA) is 74.1 Å². The lowest BCUT2D eigenvalue weighted by molar-refractivity contribution is 0.441. The maximum Gasteiger partial charge on any atom is 0.258 e. The van der Waals surface area contributed by atoms with Crippen molar-refractivity contribution in [2.24, 2.45) is 7.05 Å². The molecule has 6 nitrogen and oxygen atoms in total. The second-order valence-corrected chi connectivity index (χ2v) is 14.3. The summed E-state index contributed by atoms with van der Waals surface area (Å²) in [7, 11) is 1.81. The molecule has 0 spiro atoms. The molecule has 0 aliphatic rings. The lowest BCUT2D eigenvalue weighted by Gasteiger charge is -2.11. The van der Waals surface area contributed by atoms with Gasteiger partial charge in [0.25, 0.3) is 5.56 Å². The molecular formula is C43H57N3O3S. The number of fused-ring (bicyclic) bond motifs is 3. The minimum absolute atomic E-state index is 0. The quantitative estimate of drug-likeness (QED) is 0.183. The summed E-state index contributed by atoms with van der Waals surface area (Å²) in [6.07, 6.45) is 1.94. The van der Waals surface area contributed by atoms with Crippen molar-refractivity contribution in [1.29, 1.82) is 0 Å². The summed E-state index contributed by atoms with van der Waals surface area (Å²) in [5, 5.41) is 14.4. The number of benzene rings is 3. The van der Waals surface area contributed by atoms with E-state index >= 15 is 0 Å². The van der Waals surface area contributed by atoms with Gasteiger partial charge in [0.05, 0.1) is 11.4 Å². The van der Waals surface area contributed by atoms with Crippen LogP contribution in [0.4, 0.5) is 0 Å². The largest absolute Gasteiger partial charge is 0.356 e. The van der Waals surface area contributed by atoms with Crippen molar-refractivity contribution in [3.05, 3.63) is 128 Å². The van der Waals surface area contributed by atoms with E-state index in [0.717, 1.165) is 44.1 Å². The highest BCUT2D eigenvalue weighted by Gasteiger charge is 2.12. The Hall–Kier alpha value is -4.49. The summed E-state index contributed by atoms with van der Waals surface area (Å²) < 4.78 is 12.0. The van der Waals surface area contributed by atoms with Gasteiger partial charge in [0.15, 0.2) is 11.2 Å². The van der Waals surface area contributed by atoms with E-state index in [4.69, 9.17) is 9.05 Å². The van der Waals surface area contributed by atoms with Gasteiger partial charge in [0, 0.05) is 34.3 Å². The van der Waals surface area contributed by atoms with Crippen LogP contribution in [0.15, 0.2) is 104 Å². The van der Waals surface area contributed by atoms with Crippen molar-refractivity contribution < 1.29 is 9.05 Å². The predicted molar refractivity (Wildman–Crippen MR) is 216 cm³/mol. The van der Waals surface area contributed by atoms with Crippen LogP contribution in [0.25, 0.3) is 32.7 Å². The molecule has 0 saturated heterocycles. The summed E-state index contributed by atoms with van der Waals surface area (Å²) in [6.45, 7) is 19.3. The van der Waals surface area contributed by atoms with Crippen LogP contribution in [0.3, 0.4) is 0 Å². The predicted octanol–water partition coefficient (Wildman–Crippen LogP) is 13.0. The van der Waals surface area contributed by atoms with Gasteiger partial charge in [0.2, 0.25) is 0 Å². The molecule has 0 bridgehead atoms. The molecule has 0 aliphatic carbocycles. The minimum atomic E-state index is 0. The van der Waals surface area contributed by atoms with E-state index in [1.807, 2.05) is 78.2 Å². The second kappa shape index (κ2) is 19.0. The maximum atomic E-state index is 11.9. The molecule has 0 fully saturated rings. The second-order valence-electron chi connectivity index (χ2n) is 13.3. The molecule has 0 radical (unpaired) electrons. The van der Waals surface area contributed by atoms with Crippen LogP contribution in [0.1, 0.15) is 121 Å². The molecule has 7 aromatic rings. The smallest absolute Gasteiger partial charge is 0.258 e. The Morgan fingerprint density at radius 1 is 0.620 bits per heavy atom. The molecule has 0 amide bonds. The van der Waals surface area contributed by atoms with E-state index < -0.39 is 0 Å². The van der Waals surface area contributed by atoms with Gasteiger partial charge < -0.3 is 13.6 Å². The molecule has 4 heterocycles. The van der Waals surface area contributed by atoms with Crippen molar-refractivity contribution in [1.82, 2.24) is 14.9 Å². The van der Waals surface area contributed by atoms with E-state index in [2.05, 4.69) is 96.2 Å². The Labute approximate surface area is 303 Å². The molecule has 0 atom stereocenters. The third-order valence-corrected chi connectivity index (χ3v) is 9.18. The van der Waals surface area contributed by atoms with Crippen molar-refractivity contribution >= 4 is 44.0 Å². The Bertz CT molecular complexity index is 2100. The highest BCUT2D eigenvalue weighted by molar-refractivity contribution is 7.10. The molecule has 0 N–H and O–H groups in total. The summed E-state index contributed by atoms with van der Waals surface area (Å²) in [5.74, 6) is 1.98. The van der Waals surface area contributed by atoms with Gasteiger partial charge >= 0.3 is 0 Å². The number of rotatable bonds is 4. The van der Waals surface area contributed by atoms with Gasteiger partial charge in [-0.3, -0.25) is 4.79 Å². The lowest BCUT2D eigenvalue weighted by atomic mass is 9.99. The van der Waals surface area contributed by atoms with Crippen LogP contribution in [0, 0.1) is 6.92 Å². The van der Waals surface area contributed by atoms with Crippen LogP contribution >= 0.6 is 11.3 Å². The minimum Gasteiger partial charge on any atom is -0.356 e. The molecule has 4 aromatic heterocycles. The molecule has 50 heavy (non-hydrogen) atoms. The third-order valence-electron chi connectivity index (χ3n) is 8.01. The number of pyridine rings is 1. The summed E-state index contributed by atoms with van der Waals surface area (Å²) in [4.78, 5) is 13.3. The number of hydrogen-bond acceptors (Lipinski definition) is 6. The standard InChI is InChI=1S/C13H15NO.C11H13NO.C10H11NO.C7H10S.2CH4/c1-9(2)12-8-14(3)13(15)11-7-5-4-6-10(11)12;1-7(2)11-9-6-8(3)4-5-10(9)13-12-11;1-7(2)10-8-5-3-4-6-9(8)12-11-10;1-6(2)7-4-3-5-8-7;;/h4-9H,1-3H3;4-7H,1-3H3;3-7H,1-2H3;3-6H,1-2H3;2*1H4. The first-order valence-corrected chi connectivity index (χ1v) is 17.6. The average Bonchev–Trinajstić information content (AvgIpc) is 3.84. The highest BCUT2D eigenvalue weighted by Crippen LogP contribution is 2.26. The maximum absolute atomic E-state index is 11.9.